The maximum atomic E-state index is 12.9. The van der Waals surface area contributed by atoms with Gasteiger partial charge in [0.15, 0.2) is 11.5 Å². The van der Waals surface area contributed by atoms with Crippen molar-refractivity contribution in [1.29, 1.82) is 0 Å². The normalized spacial score (nSPS) is 14.5. The number of rotatable bonds is 6. The van der Waals surface area contributed by atoms with Crippen LogP contribution in [0.4, 0.5) is 5.69 Å². The van der Waals surface area contributed by atoms with Gasteiger partial charge in [-0.15, -0.1) is 0 Å². The van der Waals surface area contributed by atoms with E-state index in [-0.39, 0.29) is 5.56 Å². The lowest BCUT2D eigenvalue weighted by atomic mass is 10.1. The molecule has 0 bridgehead atoms. The number of benzene rings is 1. The highest BCUT2D eigenvalue weighted by molar-refractivity contribution is 5.83. The molecule has 1 fully saturated rings. The Morgan fingerprint density at radius 2 is 2.06 bits per heavy atom. The zero-order valence-corrected chi connectivity index (χ0v) is 18.3. The van der Waals surface area contributed by atoms with E-state index in [1.165, 1.54) is 0 Å². The van der Waals surface area contributed by atoms with E-state index in [2.05, 4.69) is 26.9 Å². The number of aryl methyl sites for hydroxylation is 2. The van der Waals surface area contributed by atoms with Gasteiger partial charge in [-0.05, 0) is 44.4 Å². The summed E-state index contributed by atoms with van der Waals surface area (Å²) in [5, 5.41) is 4.49. The van der Waals surface area contributed by atoms with Crippen LogP contribution in [0.25, 0.3) is 22.4 Å². The summed E-state index contributed by atoms with van der Waals surface area (Å²) in [6.07, 6.45) is 3.92. The predicted molar refractivity (Wildman–Crippen MR) is 122 cm³/mol. The molecule has 3 N–H and O–H groups in total. The molecule has 0 spiro atoms. The van der Waals surface area contributed by atoms with Crippen LogP contribution in [-0.4, -0.2) is 50.3 Å². The monoisotopic (exact) mass is 423 g/mol. The van der Waals surface area contributed by atoms with Crippen LogP contribution in [0.3, 0.4) is 0 Å². The molecule has 0 saturated carbocycles. The number of fused-ring (bicyclic) bond motifs is 1. The Morgan fingerprint density at radius 3 is 2.77 bits per heavy atom. The number of ether oxygens (including phenoxy) is 1. The Labute approximate surface area is 180 Å². The van der Waals surface area contributed by atoms with Gasteiger partial charge in [0.1, 0.15) is 17.1 Å². The van der Waals surface area contributed by atoms with Gasteiger partial charge in [0.2, 0.25) is 0 Å². The molecule has 31 heavy (non-hydrogen) atoms. The second kappa shape index (κ2) is 8.79. The number of aromatic amines is 1. The third kappa shape index (κ3) is 4.12. The first kappa shape index (κ1) is 20.9. The summed E-state index contributed by atoms with van der Waals surface area (Å²) >= 11 is 0. The first-order valence-electron chi connectivity index (χ1n) is 10.8. The Balaban J connectivity index is 1.83. The first-order valence-corrected chi connectivity index (χ1v) is 10.8. The van der Waals surface area contributed by atoms with Crippen LogP contribution in [0.2, 0.25) is 0 Å². The Kier molecular flexibility index (Phi) is 5.92. The van der Waals surface area contributed by atoms with Crippen molar-refractivity contribution in [1.82, 2.24) is 24.6 Å². The lowest BCUT2D eigenvalue weighted by Crippen LogP contribution is -2.34. The van der Waals surface area contributed by atoms with E-state index in [1.54, 1.807) is 11.7 Å². The molecule has 4 rings (SSSR count). The lowest BCUT2D eigenvalue weighted by Gasteiger charge is -2.16. The molecule has 0 amide bonds. The van der Waals surface area contributed by atoms with Crippen LogP contribution >= 0.6 is 0 Å². The van der Waals surface area contributed by atoms with Gasteiger partial charge in [-0.3, -0.25) is 9.48 Å². The van der Waals surface area contributed by atoms with Crippen LogP contribution < -0.4 is 16.0 Å². The second-order valence-corrected chi connectivity index (χ2v) is 7.71. The topological polar surface area (TPSA) is 114 Å². The van der Waals surface area contributed by atoms with Crippen molar-refractivity contribution in [2.45, 2.75) is 39.5 Å². The number of aromatic nitrogens is 4. The van der Waals surface area contributed by atoms with E-state index < -0.39 is 0 Å². The van der Waals surface area contributed by atoms with Crippen LogP contribution in [0.1, 0.15) is 38.8 Å². The molecule has 1 saturated heterocycles. The molecule has 0 aliphatic carbocycles. The zero-order chi connectivity index (χ0) is 22.0. The van der Waals surface area contributed by atoms with Crippen molar-refractivity contribution in [3.63, 3.8) is 0 Å². The third-order valence-corrected chi connectivity index (χ3v) is 5.44. The summed E-state index contributed by atoms with van der Waals surface area (Å²) in [4.78, 5) is 27.2. The summed E-state index contributed by atoms with van der Waals surface area (Å²) in [6.45, 7) is 6.33. The number of likely N-dealkylation sites (tertiary alicyclic amines) is 1. The van der Waals surface area contributed by atoms with Crippen molar-refractivity contribution in [2.24, 2.45) is 17.8 Å². The summed E-state index contributed by atoms with van der Waals surface area (Å²) in [7, 11) is 1.76. The van der Waals surface area contributed by atoms with Crippen LogP contribution in [0.15, 0.2) is 28.0 Å². The van der Waals surface area contributed by atoms with Crippen LogP contribution in [0.5, 0.6) is 5.75 Å². The summed E-state index contributed by atoms with van der Waals surface area (Å²) in [5.74, 6) is 1.56. The van der Waals surface area contributed by atoms with Crippen molar-refractivity contribution < 1.29 is 4.74 Å². The number of aliphatic imine (C=N–C) groups is 1. The molecule has 9 nitrogen and oxygen atoms in total. The fourth-order valence-electron chi connectivity index (χ4n) is 3.98. The minimum Gasteiger partial charge on any atom is -0.493 e. The Hall–Kier alpha value is -3.36. The minimum absolute atomic E-state index is 0.231. The molecular weight excluding hydrogens is 394 g/mol. The maximum Gasteiger partial charge on any atom is 0.277 e. The molecule has 0 atom stereocenters. The quantitative estimate of drug-likeness (QED) is 0.465. The third-order valence-electron chi connectivity index (χ3n) is 5.44. The van der Waals surface area contributed by atoms with E-state index in [1.807, 2.05) is 25.1 Å². The van der Waals surface area contributed by atoms with Gasteiger partial charge >= 0.3 is 0 Å². The van der Waals surface area contributed by atoms with Gasteiger partial charge in [-0.2, -0.15) is 5.10 Å². The molecule has 164 valence electrons. The molecule has 9 heteroatoms. The Morgan fingerprint density at radius 1 is 1.29 bits per heavy atom. The fraction of sp³-hybridized carbons (Fsp3) is 0.455. The molecule has 2 aromatic heterocycles. The molecule has 3 aromatic rings. The van der Waals surface area contributed by atoms with Gasteiger partial charge in [0, 0.05) is 20.1 Å². The van der Waals surface area contributed by atoms with Gasteiger partial charge < -0.3 is 20.4 Å². The van der Waals surface area contributed by atoms with Gasteiger partial charge in [0.25, 0.3) is 5.56 Å². The van der Waals surface area contributed by atoms with Crippen molar-refractivity contribution in [2.75, 3.05) is 19.7 Å². The molecule has 1 aromatic carbocycles. The molecular formula is C22H29N7O2. The number of hydrogen-bond acceptors (Lipinski definition) is 5. The number of nitrogens with one attached hydrogen (secondary N) is 1. The predicted octanol–water partition coefficient (Wildman–Crippen LogP) is 2.72. The molecule has 0 unspecified atom stereocenters. The standard InChI is InChI=1S/C22H29N7O2/c1-4-8-16-18-19(28(3)27-16)21(30)26-20(25-18)15-13-14(9-10-17(15)31-5-2)24-22(23)29-11-6-7-12-29/h9-10,13H,4-8,11-12H2,1-3H3,(H2,23,24)(H,25,26,30). The van der Waals surface area contributed by atoms with Crippen LogP contribution in [-0.2, 0) is 13.5 Å². The van der Waals surface area contributed by atoms with Gasteiger partial charge in [0.05, 0.1) is 23.6 Å². The molecule has 1 aliphatic rings. The van der Waals surface area contributed by atoms with E-state index in [9.17, 15) is 4.79 Å². The number of nitrogens with two attached hydrogens (primary N) is 1. The van der Waals surface area contributed by atoms with E-state index in [4.69, 9.17) is 15.5 Å². The number of H-pyrrole nitrogens is 1. The van der Waals surface area contributed by atoms with Crippen molar-refractivity contribution in [3.8, 4) is 17.1 Å². The SMILES string of the molecule is CCCc1nn(C)c2c(=O)[nH]c(-c3cc(N=C(N)N4CCCC4)ccc3OCC)nc12. The van der Waals surface area contributed by atoms with E-state index >= 15 is 0 Å². The number of nitrogens with zero attached hydrogens (tertiary/aromatic N) is 5. The fourth-order valence-corrected chi connectivity index (χ4v) is 3.98. The highest BCUT2D eigenvalue weighted by Gasteiger charge is 2.18. The minimum atomic E-state index is -0.231. The van der Waals surface area contributed by atoms with Gasteiger partial charge in [-0.1, -0.05) is 13.3 Å². The van der Waals surface area contributed by atoms with E-state index in [0.29, 0.717) is 46.4 Å². The molecule has 1 aliphatic heterocycles. The highest BCUT2D eigenvalue weighted by Crippen LogP contribution is 2.32. The Bertz CT molecular complexity index is 1170. The summed E-state index contributed by atoms with van der Waals surface area (Å²) in [5.41, 5.74) is 9.24. The molecule has 3 heterocycles. The van der Waals surface area contributed by atoms with Crippen molar-refractivity contribution in [3.05, 3.63) is 34.2 Å². The summed E-state index contributed by atoms with van der Waals surface area (Å²) in [6, 6.07) is 5.56. The smallest absolute Gasteiger partial charge is 0.277 e. The zero-order valence-electron chi connectivity index (χ0n) is 18.3. The number of guanidine groups is 1. The average molecular weight is 424 g/mol. The average Bonchev–Trinajstić information content (AvgIpc) is 3.38. The van der Waals surface area contributed by atoms with Crippen LogP contribution in [0, 0.1) is 0 Å². The first-order chi connectivity index (χ1) is 15.0. The largest absolute Gasteiger partial charge is 0.493 e. The molecule has 0 radical (unpaired) electrons. The van der Waals surface area contributed by atoms with Crippen molar-refractivity contribution >= 4 is 22.7 Å². The van der Waals surface area contributed by atoms with Gasteiger partial charge in [-0.25, -0.2) is 9.98 Å². The number of hydrogen-bond donors (Lipinski definition) is 2. The van der Waals surface area contributed by atoms with E-state index in [0.717, 1.165) is 44.5 Å². The maximum absolute atomic E-state index is 12.9. The second-order valence-electron chi connectivity index (χ2n) is 7.71. The summed E-state index contributed by atoms with van der Waals surface area (Å²) < 4.78 is 7.41. The highest BCUT2D eigenvalue weighted by atomic mass is 16.5. The lowest BCUT2D eigenvalue weighted by molar-refractivity contribution is 0.341.